The lowest BCUT2D eigenvalue weighted by Crippen LogP contribution is -2.33. The zero-order valence-corrected chi connectivity index (χ0v) is 12.4. The maximum Gasteiger partial charge on any atom is 0.0359 e. The van der Waals surface area contributed by atoms with E-state index in [1.807, 2.05) is 0 Å². The molecule has 2 heteroatoms. The van der Waals surface area contributed by atoms with E-state index in [2.05, 4.69) is 53.3 Å². The van der Waals surface area contributed by atoms with Crippen molar-refractivity contribution < 1.29 is 0 Å². The molecule has 94 valence electrons. The van der Waals surface area contributed by atoms with Crippen LogP contribution in [0, 0.1) is 12.8 Å². The average molecular weight is 296 g/mol. The first-order chi connectivity index (χ1) is 8.24. The number of nitrogens with one attached hydrogen (secondary N) is 1. The lowest BCUT2D eigenvalue weighted by molar-refractivity contribution is 0.230. The van der Waals surface area contributed by atoms with Gasteiger partial charge in [-0.2, -0.15) is 0 Å². The van der Waals surface area contributed by atoms with Gasteiger partial charge in [0.25, 0.3) is 0 Å². The summed E-state index contributed by atoms with van der Waals surface area (Å²) in [5, 5.41) is 3.73. The molecule has 1 fully saturated rings. The Kier molecular flexibility index (Phi) is 4.63. The zero-order valence-electron chi connectivity index (χ0n) is 10.8. The molecular weight excluding hydrogens is 274 g/mol. The molecule has 1 aliphatic carbocycles. The number of benzene rings is 1. The van der Waals surface area contributed by atoms with Gasteiger partial charge in [0.05, 0.1) is 0 Å². The highest BCUT2D eigenvalue weighted by atomic mass is 79.9. The number of halogens is 1. The van der Waals surface area contributed by atoms with E-state index < -0.39 is 0 Å². The Morgan fingerprint density at radius 2 is 2.18 bits per heavy atom. The van der Waals surface area contributed by atoms with Gasteiger partial charge >= 0.3 is 0 Å². The van der Waals surface area contributed by atoms with Crippen molar-refractivity contribution >= 4 is 15.9 Å². The van der Waals surface area contributed by atoms with Crippen molar-refractivity contribution in [2.75, 3.05) is 6.54 Å². The molecule has 0 radical (unpaired) electrons. The van der Waals surface area contributed by atoms with Crippen LogP contribution in [0.5, 0.6) is 0 Å². The smallest absolute Gasteiger partial charge is 0.0359 e. The summed E-state index contributed by atoms with van der Waals surface area (Å²) in [6, 6.07) is 7.15. The summed E-state index contributed by atoms with van der Waals surface area (Å²) in [5.41, 5.74) is 2.79. The molecule has 0 aliphatic heterocycles. The topological polar surface area (TPSA) is 12.0 Å². The third-order valence-corrected chi connectivity index (χ3v) is 4.88. The molecule has 1 aromatic carbocycles. The lowest BCUT2D eigenvalue weighted by Gasteiger charge is -2.35. The SMILES string of the molecule is CCCNC(c1cccc(C)c1Br)C1CCC1. The fourth-order valence-electron chi connectivity index (χ4n) is 2.51. The molecule has 1 atom stereocenters. The third-order valence-electron chi connectivity index (χ3n) is 3.79. The van der Waals surface area contributed by atoms with Crippen molar-refractivity contribution in [3.05, 3.63) is 33.8 Å². The van der Waals surface area contributed by atoms with Crippen LogP contribution in [-0.2, 0) is 0 Å². The van der Waals surface area contributed by atoms with Crippen molar-refractivity contribution in [3.63, 3.8) is 0 Å². The highest BCUT2D eigenvalue weighted by Gasteiger charge is 2.29. The molecule has 2 rings (SSSR count). The molecular formula is C15H22BrN. The van der Waals surface area contributed by atoms with E-state index in [0.717, 1.165) is 12.5 Å². The van der Waals surface area contributed by atoms with Gasteiger partial charge < -0.3 is 5.32 Å². The lowest BCUT2D eigenvalue weighted by atomic mass is 9.77. The molecule has 0 saturated heterocycles. The van der Waals surface area contributed by atoms with Crippen LogP contribution >= 0.6 is 15.9 Å². The van der Waals surface area contributed by atoms with E-state index in [-0.39, 0.29) is 0 Å². The van der Waals surface area contributed by atoms with Gasteiger partial charge in [-0.25, -0.2) is 0 Å². The summed E-state index contributed by atoms with van der Waals surface area (Å²) in [5.74, 6) is 0.833. The van der Waals surface area contributed by atoms with E-state index in [0.29, 0.717) is 6.04 Å². The Balaban J connectivity index is 2.21. The van der Waals surface area contributed by atoms with Crippen LogP contribution in [0.1, 0.15) is 49.8 Å². The number of aryl methyl sites for hydroxylation is 1. The van der Waals surface area contributed by atoms with Gasteiger partial charge in [-0.15, -0.1) is 0 Å². The van der Waals surface area contributed by atoms with Crippen LogP contribution in [0.3, 0.4) is 0 Å². The second-order valence-corrected chi connectivity index (χ2v) is 5.89. The first-order valence-electron chi connectivity index (χ1n) is 6.72. The Labute approximate surface area is 113 Å². The zero-order chi connectivity index (χ0) is 12.3. The largest absolute Gasteiger partial charge is 0.310 e. The van der Waals surface area contributed by atoms with Gasteiger partial charge in [0.2, 0.25) is 0 Å². The minimum atomic E-state index is 0.540. The molecule has 0 heterocycles. The fraction of sp³-hybridized carbons (Fsp3) is 0.600. The summed E-state index contributed by atoms with van der Waals surface area (Å²) in [6.07, 6.45) is 5.36. The minimum Gasteiger partial charge on any atom is -0.310 e. The molecule has 1 saturated carbocycles. The van der Waals surface area contributed by atoms with Gasteiger partial charge in [-0.1, -0.05) is 47.5 Å². The van der Waals surface area contributed by atoms with Crippen LogP contribution in [0.15, 0.2) is 22.7 Å². The Hall–Kier alpha value is -0.340. The van der Waals surface area contributed by atoms with E-state index >= 15 is 0 Å². The average Bonchev–Trinajstić information content (AvgIpc) is 2.26. The van der Waals surface area contributed by atoms with Crippen molar-refractivity contribution in [2.45, 2.75) is 45.6 Å². The van der Waals surface area contributed by atoms with Crippen LogP contribution in [0.25, 0.3) is 0 Å². The highest BCUT2D eigenvalue weighted by molar-refractivity contribution is 9.10. The Bertz CT molecular complexity index is 371. The molecule has 17 heavy (non-hydrogen) atoms. The molecule has 1 unspecified atom stereocenters. The van der Waals surface area contributed by atoms with Crippen LogP contribution in [0.4, 0.5) is 0 Å². The van der Waals surface area contributed by atoms with E-state index in [4.69, 9.17) is 0 Å². The predicted octanol–water partition coefficient (Wildman–Crippen LogP) is 4.60. The van der Waals surface area contributed by atoms with Crippen LogP contribution < -0.4 is 5.32 Å². The number of hydrogen-bond donors (Lipinski definition) is 1. The van der Waals surface area contributed by atoms with E-state index in [1.165, 1.54) is 41.3 Å². The summed E-state index contributed by atoms with van der Waals surface area (Å²) in [7, 11) is 0. The standard InChI is InChI=1S/C15H22BrN/c1-3-10-17-15(12-7-5-8-12)13-9-4-6-11(2)14(13)16/h4,6,9,12,15,17H,3,5,7-8,10H2,1-2H3. The maximum absolute atomic E-state index is 3.75. The molecule has 1 nitrogen and oxygen atoms in total. The molecule has 0 aromatic heterocycles. The number of rotatable bonds is 5. The van der Waals surface area contributed by atoms with E-state index in [9.17, 15) is 0 Å². The monoisotopic (exact) mass is 295 g/mol. The summed E-state index contributed by atoms with van der Waals surface area (Å²) < 4.78 is 1.29. The second-order valence-electron chi connectivity index (χ2n) is 5.10. The fourth-order valence-corrected chi connectivity index (χ4v) is 3.02. The summed E-state index contributed by atoms with van der Waals surface area (Å²) in [6.45, 7) is 5.52. The molecule has 1 N–H and O–H groups in total. The predicted molar refractivity (Wildman–Crippen MR) is 77.3 cm³/mol. The van der Waals surface area contributed by atoms with Gasteiger partial charge in [0.15, 0.2) is 0 Å². The second kappa shape index (κ2) is 6.01. The molecule has 0 bridgehead atoms. The van der Waals surface area contributed by atoms with E-state index in [1.54, 1.807) is 0 Å². The van der Waals surface area contributed by atoms with Gasteiger partial charge in [-0.3, -0.25) is 0 Å². The van der Waals surface area contributed by atoms with Crippen molar-refractivity contribution in [2.24, 2.45) is 5.92 Å². The third kappa shape index (κ3) is 2.92. The van der Waals surface area contributed by atoms with Gasteiger partial charge in [-0.05, 0) is 49.8 Å². The van der Waals surface area contributed by atoms with Gasteiger partial charge in [0.1, 0.15) is 0 Å². The first kappa shape index (κ1) is 13.1. The molecule has 1 aromatic rings. The Morgan fingerprint density at radius 3 is 2.76 bits per heavy atom. The molecule has 1 aliphatic rings. The summed E-state index contributed by atoms with van der Waals surface area (Å²) in [4.78, 5) is 0. The van der Waals surface area contributed by atoms with Crippen molar-refractivity contribution in [1.82, 2.24) is 5.32 Å². The molecule has 0 amide bonds. The van der Waals surface area contributed by atoms with Crippen molar-refractivity contribution in [1.29, 1.82) is 0 Å². The molecule has 0 spiro atoms. The van der Waals surface area contributed by atoms with Gasteiger partial charge in [0, 0.05) is 10.5 Å². The minimum absolute atomic E-state index is 0.540. The first-order valence-corrected chi connectivity index (χ1v) is 7.51. The number of hydrogen-bond acceptors (Lipinski definition) is 1. The quantitative estimate of drug-likeness (QED) is 0.837. The normalized spacial score (nSPS) is 17.8. The Morgan fingerprint density at radius 1 is 1.41 bits per heavy atom. The van der Waals surface area contributed by atoms with Crippen LogP contribution in [-0.4, -0.2) is 6.54 Å². The van der Waals surface area contributed by atoms with Crippen LogP contribution in [0.2, 0.25) is 0 Å². The maximum atomic E-state index is 3.75. The van der Waals surface area contributed by atoms with Crippen molar-refractivity contribution in [3.8, 4) is 0 Å². The highest BCUT2D eigenvalue weighted by Crippen LogP contribution is 2.40. The summed E-state index contributed by atoms with van der Waals surface area (Å²) >= 11 is 3.75.